The van der Waals surface area contributed by atoms with Crippen LogP contribution < -0.4 is 16.4 Å². The van der Waals surface area contributed by atoms with Gasteiger partial charge in [-0.1, -0.05) is 19.0 Å². The molecule has 1 amide bonds. The molecule has 2 heterocycles. The zero-order valence-corrected chi connectivity index (χ0v) is 16.8. The summed E-state index contributed by atoms with van der Waals surface area (Å²) in [4.78, 5) is 18.3. The SMILES string of the molecule is CCNC(=NCc1cc(C(C)C)no1)NCCCN1CCCC(C(N)=O)C1. The zero-order valence-electron chi connectivity index (χ0n) is 16.8. The molecule has 4 N–H and O–H groups in total. The third kappa shape index (κ3) is 7.21. The summed E-state index contributed by atoms with van der Waals surface area (Å²) in [5, 5.41) is 10.7. The van der Waals surface area contributed by atoms with Gasteiger partial charge in [0.25, 0.3) is 0 Å². The quantitative estimate of drug-likeness (QED) is 0.341. The first-order valence-electron chi connectivity index (χ1n) is 9.99. The maximum Gasteiger partial charge on any atom is 0.221 e. The van der Waals surface area contributed by atoms with Crippen molar-refractivity contribution in [2.75, 3.05) is 32.7 Å². The molecule has 1 aliphatic rings. The number of nitrogens with two attached hydrogens (primary N) is 1. The van der Waals surface area contributed by atoms with E-state index in [2.05, 4.69) is 39.5 Å². The number of aromatic nitrogens is 1. The molecule has 1 atom stereocenters. The van der Waals surface area contributed by atoms with Crippen LogP contribution in [0.1, 0.15) is 57.4 Å². The molecule has 1 aromatic heterocycles. The fourth-order valence-corrected chi connectivity index (χ4v) is 3.17. The summed E-state index contributed by atoms with van der Waals surface area (Å²) in [7, 11) is 0. The molecule has 0 aliphatic carbocycles. The fourth-order valence-electron chi connectivity index (χ4n) is 3.17. The molecule has 2 rings (SSSR count). The van der Waals surface area contributed by atoms with Gasteiger partial charge >= 0.3 is 0 Å². The van der Waals surface area contributed by atoms with E-state index in [1.807, 2.05) is 13.0 Å². The van der Waals surface area contributed by atoms with Gasteiger partial charge in [0.05, 0.1) is 11.6 Å². The van der Waals surface area contributed by atoms with Gasteiger partial charge in [-0.15, -0.1) is 0 Å². The lowest BCUT2D eigenvalue weighted by molar-refractivity contribution is -0.123. The van der Waals surface area contributed by atoms with Crippen molar-refractivity contribution in [3.05, 3.63) is 17.5 Å². The van der Waals surface area contributed by atoms with E-state index in [0.29, 0.717) is 12.5 Å². The Hall–Kier alpha value is -2.09. The molecule has 1 unspecified atom stereocenters. The minimum absolute atomic E-state index is 0.00299. The second kappa shape index (κ2) is 10.9. The molecule has 0 aromatic carbocycles. The lowest BCUT2D eigenvalue weighted by atomic mass is 9.97. The molecule has 152 valence electrons. The average Bonchev–Trinajstić information content (AvgIpc) is 3.12. The van der Waals surface area contributed by atoms with Crippen molar-refractivity contribution in [3.8, 4) is 0 Å². The van der Waals surface area contributed by atoms with Gasteiger partial charge < -0.3 is 25.8 Å². The summed E-state index contributed by atoms with van der Waals surface area (Å²) in [6, 6.07) is 1.96. The molecule has 1 saturated heterocycles. The molecular formula is C19H34N6O2. The Kier molecular flexibility index (Phi) is 8.57. The zero-order chi connectivity index (χ0) is 19.6. The highest BCUT2D eigenvalue weighted by Crippen LogP contribution is 2.16. The minimum atomic E-state index is -0.174. The lowest BCUT2D eigenvalue weighted by Crippen LogP contribution is -2.43. The van der Waals surface area contributed by atoms with Gasteiger partial charge in [-0.3, -0.25) is 4.79 Å². The summed E-state index contributed by atoms with van der Waals surface area (Å²) in [6.45, 7) is 11.1. The fraction of sp³-hybridized carbons (Fsp3) is 0.737. The van der Waals surface area contributed by atoms with Crippen molar-refractivity contribution in [3.63, 3.8) is 0 Å². The summed E-state index contributed by atoms with van der Waals surface area (Å²) >= 11 is 0. The minimum Gasteiger partial charge on any atom is -0.369 e. The second-order valence-corrected chi connectivity index (χ2v) is 7.39. The Morgan fingerprint density at radius 1 is 1.48 bits per heavy atom. The van der Waals surface area contributed by atoms with Crippen LogP contribution in [0.15, 0.2) is 15.6 Å². The van der Waals surface area contributed by atoms with Crippen LogP contribution >= 0.6 is 0 Å². The number of primary amides is 1. The monoisotopic (exact) mass is 378 g/mol. The highest BCUT2D eigenvalue weighted by Gasteiger charge is 2.23. The molecule has 1 aliphatic heterocycles. The predicted molar refractivity (Wildman–Crippen MR) is 106 cm³/mol. The van der Waals surface area contributed by atoms with E-state index in [1.165, 1.54) is 0 Å². The number of amides is 1. The Bertz CT molecular complexity index is 613. The van der Waals surface area contributed by atoms with Crippen molar-refractivity contribution in [1.29, 1.82) is 0 Å². The Balaban J connectivity index is 1.74. The van der Waals surface area contributed by atoms with Crippen molar-refractivity contribution in [1.82, 2.24) is 20.7 Å². The van der Waals surface area contributed by atoms with Gasteiger partial charge in [0, 0.05) is 25.7 Å². The van der Waals surface area contributed by atoms with E-state index >= 15 is 0 Å². The number of nitrogens with zero attached hydrogens (tertiary/aromatic N) is 3. The summed E-state index contributed by atoms with van der Waals surface area (Å²) < 4.78 is 5.33. The summed E-state index contributed by atoms with van der Waals surface area (Å²) in [5.74, 6) is 1.72. The molecule has 0 saturated carbocycles. The third-order valence-corrected chi connectivity index (χ3v) is 4.76. The number of nitrogens with one attached hydrogen (secondary N) is 2. The van der Waals surface area contributed by atoms with Crippen LogP contribution in [-0.4, -0.2) is 54.6 Å². The third-order valence-electron chi connectivity index (χ3n) is 4.76. The molecule has 8 nitrogen and oxygen atoms in total. The smallest absolute Gasteiger partial charge is 0.221 e. The predicted octanol–water partition coefficient (Wildman–Crippen LogP) is 1.44. The molecule has 0 spiro atoms. The number of carbonyl (C=O) groups is 1. The number of likely N-dealkylation sites (tertiary alicyclic amines) is 1. The number of aliphatic imine (C=N–C) groups is 1. The van der Waals surface area contributed by atoms with Crippen LogP contribution in [0.5, 0.6) is 0 Å². The number of carbonyl (C=O) groups excluding carboxylic acids is 1. The van der Waals surface area contributed by atoms with E-state index < -0.39 is 0 Å². The first-order valence-corrected chi connectivity index (χ1v) is 9.99. The summed E-state index contributed by atoms with van der Waals surface area (Å²) in [5.41, 5.74) is 6.40. The maximum atomic E-state index is 11.4. The van der Waals surface area contributed by atoms with Crippen LogP contribution in [0.25, 0.3) is 0 Å². The van der Waals surface area contributed by atoms with Crippen LogP contribution in [0.2, 0.25) is 0 Å². The van der Waals surface area contributed by atoms with Gasteiger partial charge in [0.15, 0.2) is 11.7 Å². The van der Waals surface area contributed by atoms with Gasteiger partial charge in [-0.05, 0) is 45.2 Å². The number of rotatable bonds is 9. The van der Waals surface area contributed by atoms with E-state index in [9.17, 15) is 4.79 Å². The normalized spacial score (nSPS) is 18.7. The molecule has 1 aromatic rings. The number of guanidine groups is 1. The van der Waals surface area contributed by atoms with Crippen molar-refractivity contribution >= 4 is 11.9 Å². The van der Waals surface area contributed by atoms with E-state index in [0.717, 1.165) is 69.4 Å². The van der Waals surface area contributed by atoms with E-state index in [4.69, 9.17) is 10.3 Å². The Morgan fingerprint density at radius 3 is 2.96 bits per heavy atom. The Morgan fingerprint density at radius 2 is 2.30 bits per heavy atom. The molecule has 1 fully saturated rings. The van der Waals surface area contributed by atoms with Gasteiger partial charge in [-0.2, -0.15) is 0 Å². The standard InChI is InChI=1S/C19H34N6O2/c1-4-21-19(23-12-16-11-17(14(2)3)24-27-16)22-8-6-10-25-9-5-7-15(13-25)18(20)26/h11,14-15H,4-10,12-13H2,1-3H3,(H2,20,26)(H2,21,22,23). The van der Waals surface area contributed by atoms with Crippen molar-refractivity contribution in [2.24, 2.45) is 16.6 Å². The van der Waals surface area contributed by atoms with Crippen molar-refractivity contribution < 1.29 is 9.32 Å². The lowest BCUT2D eigenvalue weighted by Gasteiger charge is -2.31. The molecule has 0 bridgehead atoms. The highest BCUT2D eigenvalue weighted by molar-refractivity contribution is 5.79. The molecule has 8 heteroatoms. The number of hydrogen-bond acceptors (Lipinski definition) is 5. The average molecular weight is 379 g/mol. The van der Waals surface area contributed by atoms with E-state index in [1.54, 1.807) is 0 Å². The van der Waals surface area contributed by atoms with Gasteiger partial charge in [0.1, 0.15) is 6.54 Å². The first kappa shape index (κ1) is 21.2. The molecule has 27 heavy (non-hydrogen) atoms. The van der Waals surface area contributed by atoms with Gasteiger partial charge in [0.2, 0.25) is 5.91 Å². The van der Waals surface area contributed by atoms with Gasteiger partial charge in [-0.25, -0.2) is 4.99 Å². The molecule has 0 radical (unpaired) electrons. The van der Waals surface area contributed by atoms with Crippen LogP contribution in [-0.2, 0) is 11.3 Å². The van der Waals surface area contributed by atoms with Crippen LogP contribution in [0, 0.1) is 5.92 Å². The first-order chi connectivity index (χ1) is 13.0. The molecular weight excluding hydrogens is 344 g/mol. The van der Waals surface area contributed by atoms with Crippen molar-refractivity contribution in [2.45, 2.75) is 52.5 Å². The highest BCUT2D eigenvalue weighted by atomic mass is 16.5. The number of piperidine rings is 1. The van der Waals surface area contributed by atoms with Crippen LogP contribution in [0.3, 0.4) is 0 Å². The van der Waals surface area contributed by atoms with E-state index in [-0.39, 0.29) is 11.8 Å². The topological polar surface area (TPSA) is 109 Å². The number of hydrogen-bond donors (Lipinski definition) is 3. The van der Waals surface area contributed by atoms with Crippen LogP contribution in [0.4, 0.5) is 0 Å². The maximum absolute atomic E-state index is 11.4. The largest absolute Gasteiger partial charge is 0.369 e. The second-order valence-electron chi connectivity index (χ2n) is 7.39. The summed E-state index contributed by atoms with van der Waals surface area (Å²) in [6.07, 6.45) is 2.94. The Labute approximate surface area is 161 Å².